The highest BCUT2D eigenvalue weighted by molar-refractivity contribution is 7.99. The molecule has 8 heteroatoms. The van der Waals surface area contributed by atoms with Crippen molar-refractivity contribution in [2.24, 2.45) is 0 Å². The minimum Gasteiger partial charge on any atom is -0.352 e. The van der Waals surface area contributed by atoms with E-state index in [2.05, 4.69) is 20.7 Å². The molecular weight excluding hydrogens is 334 g/mol. The number of pyridine rings is 1. The van der Waals surface area contributed by atoms with Crippen LogP contribution in [0.5, 0.6) is 0 Å². The first-order valence-corrected chi connectivity index (χ1v) is 8.50. The molecule has 1 atom stereocenters. The van der Waals surface area contributed by atoms with Crippen molar-refractivity contribution in [3.05, 3.63) is 42.4 Å². The van der Waals surface area contributed by atoms with Gasteiger partial charge in [-0.1, -0.05) is 6.07 Å². The molecule has 124 valence electrons. The zero-order valence-corrected chi connectivity index (χ0v) is 14.3. The average molecular weight is 354 g/mol. The van der Waals surface area contributed by atoms with Crippen molar-refractivity contribution >= 4 is 30.1 Å². The number of aromatic nitrogens is 3. The van der Waals surface area contributed by atoms with Gasteiger partial charge in [-0.15, -0.1) is 12.4 Å². The molecule has 1 aliphatic rings. The van der Waals surface area contributed by atoms with Crippen LogP contribution >= 0.6 is 24.2 Å². The number of nitrogens with zero attached hydrogens (tertiary/aromatic N) is 3. The molecule has 23 heavy (non-hydrogen) atoms. The van der Waals surface area contributed by atoms with Gasteiger partial charge in [-0.2, -0.15) is 16.9 Å². The fraction of sp³-hybridized carbons (Fsp3) is 0.400. The van der Waals surface area contributed by atoms with E-state index >= 15 is 0 Å². The van der Waals surface area contributed by atoms with Crippen LogP contribution in [0.25, 0.3) is 5.82 Å². The predicted molar refractivity (Wildman–Crippen MR) is 94.2 cm³/mol. The SMILES string of the molecule is Cl.O=C(CC1CSCCN1)NCc1cccnc1-n1cccn1. The van der Waals surface area contributed by atoms with Gasteiger partial charge in [-0.3, -0.25) is 4.79 Å². The van der Waals surface area contributed by atoms with E-state index < -0.39 is 0 Å². The third kappa shape index (κ3) is 4.95. The van der Waals surface area contributed by atoms with Crippen molar-refractivity contribution in [3.63, 3.8) is 0 Å². The zero-order chi connectivity index (χ0) is 15.2. The number of hydrogen-bond donors (Lipinski definition) is 2. The molecule has 3 rings (SSSR count). The second kappa shape index (κ2) is 8.90. The summed E-state index contributed by atoms with van der Waals surface area (Å²) in [7, 11) is 0. The van der Waals surface area contributed by atoms with Gasteiger partial charge in [0.1, 0.15) is 0 Å². The van der Waals surface area contributed by atoms with E-state index in [0.717, 1.165) is 29.4 Å². The molecule has 6 nitrogen and oxygen atoms in total. The third-order valence-corrected chi connectivity index (χ3v) is 4.63. The number of thioether (sulfide) groups is 1. The van der Waals surface area contributed by atoms with Crippen LogP contribution in [0.15, 0.2) is 36.8 Å². The van der Waals surface area contributed by atoms with Crippen molar-refractivity contribution in [1.82, 2.24) is 25.4 Å². The lowest BCUT2D eigenvalue weighted by molar-refractivity contribution is -0.121. The van der Waals surface area contributed by atoms with Gasteiger partial charge in [-0.05, 0) is 12.1 Å². The van der Waals surface area contributed by atoms with Gasteiger partial charge >= 0.3 is 0 Å². The quantitative estimate of drug-likeness (QED) is 0.850. The molecule has 0 saturated carbocycles. The van der Waals surface area contributed by atoms with Crippen LogP contribution < -0.4 is 10.6 Å². The van der Waals surface area contributed by atoms with Crippen LogP contribution in [0.1, 0.15) is 12.0 Å². The molecule has 0 radical (unpaired) electrons. The molecule has 1 unspecified atom stereocenters. The van der Waals surface area contributed by atoms with E-state index in [0.29, 0.717) is 13.0 Å². The van der Waals surface area contributed by atoms with E-state index in [1.807, 2.05) is 36.2 Å². The summed E-state index contributed by atoms with van der Waals surface area (Å²) in [6, 6.07) is 5.95. The summed E-state index contributed by atoms with van der Waals surface area (Å²) in [5.74, 6) is 2.94. The first-order chi connectivity index (χ1) is 10.8. The minimum atomic E-state index is 0. The Bertz CT molecular complexity index is 616. The van der Waals surface area contributed by atoms with E-state index in [1.165, 1.54) is 0 Å². The maximum Gasteiger partial charge on any atom is 0.221 e. The van der Waals surface area contributed by atoms with Gasteiger partial charge in [0.25, 0.3) is 0 Å². The standard InChI is InChI=1S/C15H19N5OS.ClH/c21-14(9-13-11-22-8-6-16-13)18-10-12-3-1-4-17-15(12)20-7-2-5-19-20;/h1-5,7,13,16H,6,8-11H2,(H,18,21);1H. The number of hydrogen-bond acceptors (Lipinski definition) is 5. The van der Waals surface area contributed by atoms with Crippen molar-refractivity contribution < 1.29 is 4.79 Å². The first-order valence-electron chi connectivity index (χ1n) is 7.34. The number of rotatable bonds is 5. The summed E-state index contributed by atoms with van der Waals surface area (Å²) in [6.07, 6.45) is 5.80. The Hall–Kier alpha value is -1.57. The molecule has 1 amide bonds. The number of nitrogens with one attached hydrogen (secondary N) is 2. The highest BCUT2D eigenvalue weighted by atomic mass is 35.5. The number of halogens is 1. The molecule has 3 heterocycles. The van der Waals surface area contributed by atoms with Crippen LogP contribution in [0.2, 0.25) is 0 Å². The third-order valence-electron chi connectivity index (χ3n) is 3.50. The van der Waals surface area contributed by atoms with E-state index in [9.17, 15) is 4.79 Å². The highest BCUT2D eigenvalue weighted by Gasteiger charge is 2.16. The summed E-state index contributed by atoms with van der Waals surface area (Å²) >= 11 is 1.90. The largest absolute Gasteiger partial charge is 0.352 e. The number of carbonyl (C=O) groups excluding carboxylic acids is 1. The van der Waals surface area contributed by atoms with Crippen LogP contribution in [-0.2, 0) is 11.3 Å². The summed E-state index contributed by atoms with van der Waals surface area (Å²) in [5.41, 5.74) is 0.950. The second-order valence-electron chi connectivity index (χ2n) is 5.14. The van der Waals surface area contributed by atoms with Gasteiger partial charge in [-0.25, -0.2) is 9.67 Å². The van der Waals surface area contributed by atoms with Gasteiger partial charge in [0.2, 0.25) is 5.91 Å². The maximum absolute atomic E-state index is 12.1. The lowest BCUT2D eigenvalue weighted by Gasteiger charge is -2.22. The molecule has 2 N–H and O–H groups in total. The molecule has 0 spiro atoms. The minimum absolute atomic E-state index is 0. The molecule has 0 bridgehead atoms. The number of amides is 1. The maximum atomic E-state index is 12.1. The molecule has 0 aromatic carbocycles. The van der Waals surface area contributed by atoms with Crippen molar-refractivity contribution in [2.75, 3.05) is 18.1 Å². The fourth-order valence-corrected chi connectivity index (χ4v) is 3.36. The summed E-state index contributed by atoms with van der Waals surface area (Å²) in [6.45, 7) is 1.44. The van der Waals surface area contributed by atoms with Gasteiger partial charge in [0.05, 0.1) is 0 Å². The second-order valence-corrected chi connectivity index (χ2v) is 6.29. The zero-order valence-electron chi connectivity index (χ0n) is 12.6. The van der Waals surface area contributed by atoms with Crippen LogP contribution in [0.3, 0.4) is 0 Å². The smallest absolute Gasteiger partial charge is 0.221 e. The molecule has 2 aromatic rings. The molecule has 2 aromatic heterocycles. The highest BCUT2D eigenvalue weighted by Crippen LogP contribution is 2.12. The van der Waals surface area contributed by atoms with Gasteiger partial charge < -0.3 is 10.6 Å². The van der Waals surface area contributed by atoms with Crippen molar-refractivity contribution in [2.45, 2.75) is 19.0 Å². The number of carbonyl (C=O) groups is 1. The molecular formula is C15H20ClN5OS. The van der Waals surface area contributed by atoms with Crippen LogP contribution in [-0.4, -0.2) is 44.8 Å². The van der Waals surface area contributed by atoms with Crippen molar-refractivity contribution in [1.29, 1.82) is 0 Å². The predicted octanol–water partition coefficient (Wildman–Crippen LogP) is 1.40. The summed E-state index contributed by atoms with van der Waals surface area (Å²) < 4.78 is 1.71. The Morgan fingerprint density at radius 3 is 3.09 bits per heavy atom. The van der Waals surface area contributed by atoms with Gasteiger partial charge in [0.15, 0.2) is 5.82 Å². The lowest BCUT2D eigenvalue weighted by Crippen LogP contribution is -2.41. The van der Waals surface area contributed by atoms with E-state index in [1.54, 1.807) is 17.1 Å². The molecule has 1 saturated heterocycles. The van der Waals surface area contributed by atoms with Crippen LogP contribution in [0.4, 0.5) is 0 Å². The first kappa shape index (κ1) is 17.8. The molecule has 1 fully saturated rings. The Morgan fingerprint density at radius 2 is 2.35 bits per heavy atom. The van der Waals surface area contributed by atoms with E-state index in [4.69, 9.17) is 0 Å². The van der Waals surface area contributed by atoms with Gasteiger partial charge in [0, 0.05) is 61.2 Å². The Balaban J connectivity index is 0.00000192. The fourth-order valence-electron chi connectivity index (χ4n) is 2.41. The lowest BCUT2D eigenvalue weighted by atomic mass is 10.2. The topological polar surface area (TPSA) is 71.8 Å². The Morgan fingerprint density at radius 1 is 1.43 bits per heavy atom. The Kier molecular flexibility index (Phi) is 6.88. The summed E-state index contributed by atoms with van der Waals surface area (Å²) in [4.78, 5) is 16.4. The monoisotopic (exact) mass is 353 g/mol. The normalized spacial score (nSPS) is 17.3. The van der Waals surface area contributed by atoms with E-state index in [-0.39, 0.29) is 24.4 Å². The average Bonchev–Trinajstić information content (AvgIpc) is 3.08. The molecule has 1 aliphatic heterocycles. The Labute approximate surface area is 145 Å². The van der Waals surface area contributed by atoms with Crippen molar-refractivity contribution in [3.8, 4) is 5.82 Å². The summed E-state index contributed by atoms with van der Waals surface area (Å²) in [5, 5.41) is 10.5. The van der Waals surface area contributed by atoms with Crippen LogP contribution in [0, 0.1) is 0 Å². The molecule has 0 aliphatic carbocycles.